The van der Waals surface area contributed by atoms with Gasteiger partial charge in [0, 0.05) is 46.5 Å². The van der Waals surface area contributed by atoms with Crippen LogP contribution in [0.3, 0.4) is 0 Å². The maximum atomic E-state index is 12.1. The molecule has 0 bridgehead atoms. The fourth-order valence-electron chi connectivity index (χ4n) is 2.08. The maximum absolute atomic E-state index is 12.1. The highest BCUT2D eigenvalue weighted by atomic mass is 16.2. The number of carbonyl (C=O) groups excluding carboxylic acids is 1. The highest BCUT2D eigenvalue weighted by Gasteiger charge is 2.21. The molecule has 1 aromatic rings. The standard InChI is InChI=1S/C13H20N4O/c1-15(2)13(18)11-5-4-6-14-12(11)17-9-7-16(3)8-10-17/h4-6H,7-10H2,1-3H3. The molecule has 1 aliphatic heterocycles. The van der Waals surface area contributed by atoms with Crippen molar-refractivity contribution in [1.29, 1.82) is 0 Å². The van der Waals surface area contributed by atoms with E-state index in [1.807, 2.05) is 12.1 Å². The molecule has 0 aliphatic carbocycles. The van der Waals surface area contributed by atoms with Crippen LogP contribution in [0.25, 0.3) is 0 Å². The Morgan fingerprint density at radius 2 is 1.94 bits per heavy atom. The van der Waals surface area contributed by atoms with Crippen molar-refractivity contribution in [1.82, 2.24) is 14.8 Å². The Kier molecular flexibility index (Phi) is 3.81. The Balaban J connectivity index is 2.25. The summed E-state index contributed by atoms with van der Waals surface area (Å²) in [5, 5.41) is 0. The first kappa shape index (κ1) is 12.8. The number of carbonyl (C=O) groups is 1. The molecule has 2 rings (SSSR count). The van der Waals surface area contributed by atoms with E-state index < -0.39 is 0 Å². The molecule has 98 valence electrons. The summed E-state index contributed by atoms with van der Waals surface area (Å²) in [6.45, 7) is 3.85. The van der Waals surface area contributed by atoms with E-state index in [0.717, 1.165) is 32.0 Å². The molecule has 1 amide bonds. The third-order valence-electron chi connectivity index (χ3n) is 3.23. The van der Waals surface area contributed by atoms with Gasteiger partial charge in [-0.3, -0.25) is 4.79 Å². The molecule has 0 radical (unpaired) electrons. The van der Waals surface area contributed by atoms with Gasteiger partial charge in [-0.2, -0.15) is 0 Å². The topological polar surface area (TPSA) is 39.7 Å². The summed E-state index contributed by atoms with van der Waals surface area (Å²) < 4.78 is 0. The van der Waals surface area contributed by atoms with E-state index in [2.05, 4.69) is 21.8 Å². The van der Waals surface area contributed by atoms with Gasteiger partial charge >= 0.3 is 0 Å². The van der Waals surface area contributed by atoms with Crippen LogP contribution >= 0.6 is 0 Å². The number of rotatable bonds is 2. The number of amides is 1. The Morgan fingerprint density at radius 1 is 1.28 bits per heavy atom. The third-order valence-corrected chi connectivity index (χ3v) is 3.23. The fraction of sp³-hybridized carbons (Fsp3) is 0.538. The van der Waals surface area contributed by atoms with Gasteiger partial charge in [0.2, 0.25) is 0 Å². The van der Waals surface area contributed by atoms with Crippen LogP contribution in [-0.2, 0) is 0 Å². The predicted octanol–water partition coefficient (Wildman–Crippen LogP) is 0.535. The van der Waals surface area contributed by atoms with E-state index in [0.29, 0.717) is 5.56 Å². The molecular weight excluding hydrogens is 228 g/mol. The van der Waals surface area contributed by atoms with Gasteiger partial charge in [-0.15, -0.1) is 0 Å². The normalized spacial score (nSPS) is 16.7. The van der Waals surface area contributed by atoms with Gasteiger partial charge in [0.1, 0.15) is 5.82 Å². The molecule has 0 N–H and O–H groups in total. The van der Waals surface area contributed by atoms with Gasteiger partial charge in [-0.1, -0.05) is 0 Å². The van der Waals surface area contributed by atoms with Crippen molar-refractivity contribution in [3.63, 3.8) is 0 Å². The van der Waals surface area contributed by atoms with Gasteiger partial charge in [0.25, 0.3) is 5.91 Å². The van der Waals surface area contributed by atoms with Gasteiger partial charge in [0.05, 0.1) is 5.56 Å². The van der Waals surface area contributed by atoms with Crippen LogP contribution in [0.2, 0.25) is 0 Å². The maximum Gasteiger partial charge on any atom is 0.257 e. The minimum absolute atomic E-state index is 0.0111. The van der Waals surface area contributed by atoms with E-state index in [4.69, 9.17) is 0 Å². The van der Waals surface area contributed by atoms with Crippen LogP contribution in [0.15, 0.2) is 18.3 Å². The highest BCUT2D eigenvalue weighted by molar-refractivity contribution is 5.98. The first-order valence-electron chi connectivity index (χ1n) is 6.20. The Morgan fingerprint density at radius 3 is 2.56 bits per heavy atom. The van der Waals surface area contributed by atoms with Crippen LogP contribution in [0.1, 0.15) is 10.4 Å². The first-order chi connectivity index (χ1) is 8.59. The molecule has 1 aliphatic rings. The molecule has 5 heteroatoms. The fourth-order valence-corrected chi connectivity index (χ4v) is 2.08. The lowest BCUT2D eigenvalue weighted by Gasteiger charge is -2.34. The zero-order chi connectivity index (χ0) is 13.1. The Labute approximate surface area is 108 Å². The highest BCUT2D eigenvalue weighted by Crippen LogP contribution is 2.19. The molecule has 1 fully saturated rings. The molecule has 2 heterocycles. The quantitative estimate of drug-likeness (QED) is 0.765. The smallest absolute Gasteiger partial charge is 0.257 e. The van der Waals surface area contributed by atoms with Crippen molar-refractivity contribution in [2.45, 2.75) is 0 Å². The molecule has 0 spiro atoms. The van der Waals surface area contributed by atoms with Crippen LogP contribution in [0.4, 0.5) is 5.82 Å². The molecule has 0 saturated carbocycles. The third kappa shape index (κ3) is 2.61. The second-order valence-electron chi connectivity index (χ2n) is 4.86. The summed E-state index contributed by atoms with van der Waals surface area (Å²) in [5.74, 6) is 0.821. The lowest BCUT2D eigenvalue weighted by molar-refractivity contribution is 0.0827. The molecule has 1 aromatic heterocycles. The zero-order valence-electron chi connectivity index (χ0n) is 11.3. The minimum atomic E-state index is 0.0111. The van der Waals surface area contributed by atoms with E-state index in [1.165, 1.54) is 0 Å². The van der Waals surface area contributed by atoms with Gasteiger partial charge in [-0.25, -0.2) is 4.98 Å². The van der Waals surface area contributed by atoms with Crippen LogP contribution in [0, 0.1) is 0 Å². The Hall–Kier alpha value is -1.62. The van der Waals surface area contributed by atoms with Crippen molar-refractivity contribution in [3.8, 4) is 0 Å². The average Bonchev–Trinajstić information content (AvgIpc) is 2.39. The monoisotopic (exact) mass is 248 g/mol. The van der Waals surface area contributed by atoms with Crippen molar-refractivity contribution in [3.05, 3.63) is 23.9 Å². The van der Waals surface area contributed by atoms with E-state index in [1.54, 1.807) is 25.2 Å². The minimum Gasteiger partial charge on any atom is -0.353 e. The summed E-state index contributed by atoms with van der Waals surface area (Å²) in [6, 6.07) is 3.67. The number of pyridine rings is 1. The van der Waals surface area contributed by atoms with Crippen molar-refractivity contribution in [2.24, 2.45) is 0 Å². The number of anilines is 1. The number of hydrogen-bond donors (Lipinski definition) is 0. The number of hydrogen-bond acceptors (Lipinski definition) is 4. The molecule has 0 unspecified atom stereocenters. The summed E-state index contributed by atoms with van der Waals surface area (Å²) in [4.78, 5) is 22.6. The second kappa shape index (κ2) is 5.35. The zero-order valence-corrected chi connectivity index (χ0v) is 11.3. The summed E-state index contributed by atoms with van der Waals surface area (Å²) >= 11 is 0. The van der Waals surface area contributed by atoms with Crippen LogP contribution < -0.4 is 4.90 Å². The largest absolute Gasteiger partial charge is 0.353 e. The average molecular weight is 248 g/mol. The summed E-state index contributed by atoms with van der Waals surface area (Å²) in [5.41, 5.74) is 0.687. The van der Waals surface area contributed by atoms with Crippen LogP contribution in [0.5, 0.6) is 0 Å². The van der Waals surface area contributed by atoms with Crippen molar-refractivity contribution < 1.29 is 4.79 Å². The second-order valence-corrected chi connectivity index (χ2v) is 4.86. The number of aromatic nitrogens is 1. The number of piperazine rings is 1. The number of nitrogens with zero attached hydrogens (tertiary/aromatic N) is 4. The molecule has 5 nitrogen and oxygen atoms in total. The van der Waals surface area contributed by atoms with E-state index >= 15 is 0 Å². The predicted molar refractivity (Wildman–Crippen MR) is 72.0 cm³/mol. The molecule has 0 atom stereocenters. The van der Waals surface area contributed by atoms with E-state index in [-0.39, 0.29) is 5.91 Å². The summed E-state index contributed by atoms with van der Waals surface area (Å²) in [7, 11) is 5.65. The lowest BCUT2D eigenvalue weighted by Crippen LogP contribution is -2.45. The molecule has 1 saturated heterocycles. The van der Waals surface area contributed by atoms with Gasteiger partial charge < -0.3 is 14.7 Å². The SMILES string of the molecule is CN1CCN(c2ncccc2C(=O)N(C)C)CC1. The Bertz CT molecular complexity index is 425. The number of likely N-dealkylation sites (N-methyl/N-ethyl adjacent to an activating group) is 1. The van der Waals surface area contributed by atoms with Gasteiger partial charge in [0.15, 0.2) is 0 Å². The lowest BCUT2D eigenvalue weighted by atomic mass is 10.2. The van der Waals surface area contributed by atoms with E-state index in [9.17, 15) is 4.79 Å². The first-order valence-corrected chi connectivity index (χ1v) is 6.20. The van der Waals surface area contributed by atoms with Crippen molar-refractivity contribution >= 4 is 11.7 Å². The van der Waals surface area contributed by atoms with Crippen LogP contribution in [-0.4, -0.2) is 68.0 Å². The van der Waals surface area contributed by atoms with Crippen molar-refractivity contribution in [2.75, 3.05) is 52.2 Å². The van der Waals surface area contributed by atoms with Gasteiger partial charge in [-0.05, 0) is 19.2 Å². The molecular formula is C13H20N4O. The molecule has 0 aromatic carbocycles. The summed E-state index contributed by atoms with van der Waals surface area (Å²) in [6.07, 6.45) is 1.75. The molecule has 18 heavy (non-hydrogen) atoms.